The molecule has 1 aliphatic carbocycles. The summed E-state index contributed by atoms with van der Waals surface area (Å²) < 4.78 is 4.22. The van der Waals surface area contributed by atoms with E-state index in [9.17, 15) is 4.79 Å². The van der Waals surface area contributed by atoms with Crippen LogP contribution in [0.25, 0.3) is 0 Å². The lowest BCUT2D eigenvalue weighted by molar-refractivity contribution is 0.103. The molecule has 1 aromatic heterocycles. The molecule has 0 unspecified atom stereocenters. The third-order valence-corrected chi connectivity index (χ3v) is 5.05. The number of ketones is 1. The summed E-state index contributed by atoms with van der Waals surface area (Å²) in [6, 6.07) is 3.99. The van der Waals surface area contributed by atoms with Gasteiger partial charge in [0.25, 0.3) is 0 Å². The van der Waals surface area contributed by atoms with Crippen molar-refractivity contribution in [1.82, 2.24) is 4.37 Å². The average molecular weight is 271 g/mol. The highest BCUT2D eigenvalue weighted by Crippen LogP contribution is 2.44. The van der Waals surface area contributed by atoms with Crippen LogP contribution in [0.5, 0.6) is 0 Å². The molecule has 0 N–H and O–H groups in total. The number of nitrogens with zero attached hydrogens (tertiary/aromatic N) is 1. The molecule has 1 heterocycles. The molecule has 0 saturated heterocycles. The molecule has 1 fully saturated rings. The standard InChI is InChI=1S/C16H17NOS/c1-9-4-7-13(11(3)10(9)2)15(18)14-8-17-19-16(14)12-5-6-12/h4,7-8,12H,5-6H2,1-3H3. The van der Waals surface area contributed by atoms with Gasteiger partial charge < -0.3 is 0 Å². The van der Waals surface area contributed by atoms with Gasteiger partial charge in [-0.2, -0.15) is 0 Å². The predicted octanol–water partition coefficient (Wildman–Crippen LogP) is 4.18. The maximum Gasteiger partial charge on any atom is 0.196 e. The second-order valence-corrected chi connectivity index (χ2v) is 6.22. The summed E-state index contributed by atoms with van der Waals surface area (Å²) in [6.45, 7) is 6.19. The Labute approximate surface area is 117 Å². The molecule has 0 amide bonds. The van der Waals surface area contributed by atoms with Crippen molar-refractivity contribution in [2.75, 3.05) is 0 Å². The second-order valence-electron chi connectivity index (χ2n) is 5.39. The molecular formula is C16H17NOS. The van der Waals surface area contributed by atoms with E-state index >= 15 is 0 Å². The quantitative estimate of drug-likeness (QED) is 0.784. The summed E-state index contributed by atoms with van der Waals surface area (Å²) in [6.07, 6.45) is 4.15. The smallest absolute Gasteiger partial charge is 0.196 e. The van der Waals surface area contributed by atoms with Gasteiger partial charge in [-0.25, -0.2) is 4.37 Å². The molecule has 0 aliphatic heterocycles. The third-order valence-electron chi connectivity index (χ3n) is 4.09. The van der Waals surface area contributed by atoms with Crippen molar-refractivity contribution < 1.29 is 4.79 Å². The first-order chi connectivity index (χ1) is 9.09. The summed E-state index contributed by atoms with van der Waals surface area (Å²) in [5.41, 5.74) is 5.18. The van der Waals surface area contributed by atoms with Crippen molar-refractivity contribution in [2.45, 2.75) is 39.5 Å². The average Bonchev–Trinajstić information content (AvgIpc) is 3.13. The minimum absolute atomic E-state index is 0.135. The molecule has 1 aromatic carbocycles. The molecule has 19 heavy (non-hydrogen) atoms. The number of aromatic nitrogens is 1. The Kier molecular flexibility index (Phi) is 3.02. The van der Waals surface area contributed by atoms with E-state index in [1.807, 2.05) is 19.1 Å². The van der Waals surface area contributed by atoms with Gasteiger partial charge in [0.05, 0.1) is 11.8 Å². The van der Waals surface area contributed by atoms with Crippen molar-refractivity contribution in [3.63, 3.8) is 0 Å². The number of carbonyl (C=O) groups excluding carboxylic acids is 1. The van der Waals surface area contributed by atoms with E-state index in [0.717, 1.165) is 16.7 Å². The van der Waals surface area contributed by atoms with Crippen LogP contribution in [0.15, 0.2) is 18.3 Å². The molecule has 0 radical (unpaired) electrons. The number of rotatable bonds is 3. The summed E-state index contributed by atoms with van der Waals surface area (Å²) in [4.78, 5) is 13.9. The van der Waals surface area contributed by atoms with Crippen LogP contribution in [0.1, 0.15) is 56.2 Å². The third kappa shape index (κ3) is 2.12. The lowest BCUT2D eigenvalue weighted by Crippen LogP contribution is -2.06. The van der Waals surface area contributed by atoms with Gasteiger partial charge in [0.2, 0.25) is 0 Å². The zero-order chi connectivity index (χ0) is 13.6. The fourth-order valence-electron chi connectivity index (χ4n) is 2.41. The van der Waals surface area contributed by atoms with Crippen LogP contribution in [-0.2, 0) is 0 Å². The normalized spacial score (nSPS) is 14.7. The van der Waals surface area contributed by atoms with E-state index in [-0.39, 0.29) is 5.78 Å². The Morgan fingerprint density at radius 1 is 1.16 bits per heavy atom. The molecule has 2 nitrogen and oxygen atoms in total. The van der Waals surface area contributed by atoms with Gasteiger partial charge >= 0.3 is 0 Å². The van der Waals surface area contributed by atoms with Gasteiger partial charge in [0.15, 0.2) is 5.78 Å². The van der Waals surface area contributed by atoms with Gasteiger partial charge in [-0.15, -0.1) is 0 Å². The number of hydrogen-bond acceptors (Lipinski definition) is 3. The molecule has 98 valence electrons. The fourth-order valence-corrected chi connectivity index (χ4v) is 3.31. The van der Waals surface area contributed by atoms with Crippen LogP contribution < -0.4 is 0 Å². The Balaban J connectivity index is 2.04. The van der Waals surface area contributed by atoms with E-state index in [2.05, 4.69) is 18.2 Å². The zero-order valence-electron chi connectivity index (χ0n) is 11.5. The van der Waals surface area contributed by atoms with Gasteiger partial charge in [-0.05, 0) is 67.8 Å². The molecular weight excluding hydrogens is 254 g/mol. The van der Waals surface area contributed by atoms with Crippen molar-refractivity contribution in [3.8, 4) is 0 Å². The van der Waals surface area contributed by atoms with E-state index in [0.29, 0.717) is 5.92 Å². The maximum absolute atomic E-state index is 12.7. The lowest BCUT2D eigenvalue weighted by Gasteiger charge is -2.10. The van der Waals surface area contributed by atoms with E-state index in [4.69, 9.17) is 0 Å². The minimum Gasteiger partial charge on any atom is -0.288 e. The second kappa shape index (κ2) is 4.57. The first-order valence-electron chi connectivity index (χ1n) is 6.65. The van der Waals surface area contributed by atoms with Crippen molar-refractivity contribution in [2.24, 2.45) is 0 Å². The van der Waals surface area contributed by atoms with Crippen LogP contribution in [0.4, 0.5) is 0 Å². The monoisotopic (exact) mass is 271 g/mol. The number of aryl methyl sites for hydroxylation is 1. The van der Waals surface area contributed by atoms with Crippen LogP contribution in [0.3, 0.4) is 0 Å². The van der Waals surface area contributed by atoms with Gasteiger partial charge in [-0.1, -0.05) is 12.1 Å². The van der Waals surface area contributed by atoms with Crippen molar-refractivity contribution in [1.29, 1.82) is 0 Å². The molecule has 1 aliphatic rings. The first kappa shape index (κ1) is 12.5. The number of hydrogen-bond donors (Lipinski definition) is 0. The molecule has 3 heteroatoms. The Hall–Kier alpha value is -1.48. The van der Waals surface area contributed by atoms with E-state index in [1.54, 1.807) is 6.20 Å². The van der Waals surface area contributed by atoms with Crippen LogP contribution in [0, 0.1) is 20.8 Å². The zero-order valence-corrected chi connectivity index (χ0v) is 12.3. The van der Waals surface area contributed by atoms with Crippen LogP contribution in [-0.4, -0.2) is 10.2 Å². The Morgan fingerprint density at radius 2 is 1.89 bits per heavy atom. The highest BCUT2D eigenvalue weighted by atomic mass is 32.1. The molecule has 0 spiro atoms. The highest BCUT2D eigenvalue weighted by molar-refractivity contribution is 7.06. The van der Waals surface area contributed by atoms with Crippen molar-refractivity contribution >= 4 is 17.3 Å². The van der Waals surface area contributed by atoms with Crippen molar-refractivity contribution in [3.05, 3.63) is 51.0 Å². The van der Waals surface area contributed by atoms with E-state index < -0.39 is 0 Å². The largest absolute Gasteiger partial charge is 0.288 e. The fraction of sp³-hybridized carbons (Fsp3) is 0.375. The lowest BCUT2D eigenvalue weighted by atomic mass is 9.93. The predicted molar refractivity (Wildman–Crippen MR) is 78.2 cm³/mol. The molecule has 2 aromatic rings. The minimum atomic E-state index is 0.135. The SMILES string of the molecule is Cc1ccc(C(=O)c2cnsc2C2CC2)c(C)c1C. The first-order valence-corrected chi connectivity index (χ1v) is 7.43. The summed E-state index contributed by atoms with van der Waals surface area (Å²) in [5.74, 6) is 0.717. The summed E-state index contributed by atoms with van der Waals surface area (Å²) in [7, 11) is 0. The van der Waals surface area contributed by atoms with Crippen LogP contribution >= 0.6 is 11.5 Å². The number of benzene rings is 1. The molecule has 3 rings (SSSR count). The molecule has 0 atom stereocenters. The highest BCUT2D eigenvalue weighted by Gasteiger charge is 2.30. The Bertz CT molecular complexity index is 653. The Morgan fingerprint density at radius 3 is 2.58 bits per heavy atom. The maximum atomic E-state index is 12.7. The topological polar surface area (TPSA) is 30.0 Å². The van der Waals surface area contributed by atoms with Gasteiger partial charge in [-0.3, -0.25) is 4.79 Å². The molecule has 1 saturated carbocycles. The summed E-state index contributed by atoms with van der Waals surface area (Å²) in [5, 5.41) is 0. The van der Waals surface area contributed by atoms with E-state index in [1.165, 1.54) is 40.4 Å². The van der Waals surface area contributed by atoms with Gasteiger partial charge in [0, 0.05) is 10.4 Å². The number of carbonyl (C=O) groups is 1. The summed E-state index contributed by atoms with van der Waals surface area (Å²) >= 11 is 1.49. The molecule has 0 bridgehead atoms. The van der Waals surface area contributed by atoms with Gasteiger partial charge in [0.1, 0.15) is 0 Å². The van der Waals surface area contributed by atoms with Crippen LogP contribution in [0.2, 0.25) is 0 Å².